The number of aromatic nitrogens is 1. The fraction of sp³-hybridized carbons (Fsp3) is 0.500. The van der Waals surface area contributed by atoms with Crippen molar-refractivity contribution in [3.63, 3.8) is 0 Å². The van der Waals surface area contributed by atoms with Gasteiger partial charge in [0.15, 0.2) is 0 Å². The minimum atomic E-state index is 0.567. The van der Waals surface area contributed by atoms with Crippen LogP contribution in [0.15, 0.2) is 30.5 Å². The third-order valence-corrected chi connectivity index (χ3v) is 4.71. The fourth-order valence-corrected chi connectivity index (χ4v) is 3.43. The van der Waals surface area contributed by atoms with Crippen molar-refractivity contribution in [1.82, 2.24) is 9.88 Å². The second-order valence-corrected chi connectivity index (χ2v) is 6.45. The Morgan fingerprint density at radius 2 is 2.05 bits per heavy atom. The van der Waals surface area contributed by atoms with Gasteiger partial charge in [-0.05, 0) is 58.3 Å². The molecule has 112 valence electrons. The predicted molar refractivity (Wildman–Crippen MR) is 89.8 cm³/mol. The molecule has 2 unspecified atom stereocenters. The first-order chi connectivity index (χ1) is 10.1. The minimum absolute atomic E-state index is 0.567. The Hall–Kier alpha value is -1.61. The van der Waals surface area contributed by atoms with E-state index in [1.807, 2.05) is 6.20 Å². The highest BCUT2D eigenvalue weighted by Crippen LogP contribution is 2.28. The molecule has 0 radical (unpaired) electrons. The molecule has 0 bridgehead atoms. The summed E-state index contributed by atoms with van der Waals surface area (Å²) in [5.74, 6) is 0. The second kappa shape index (κ2) is 6.02. The number of benzene rings is 1. The summed E-state index contributed by atoms with van der Waals surface area (Å²) in [5.41, 5.74) is 3.58. The molecular formula is C18H25N3. The quantitative estimate of drug-likeness (QED) is 0.928. The average molecular weight is 283 g/mol. The van der Waals surface area contributed by atoms with Gasteiger partial charge in [-0.25, -0.2) is 0 Å². The zero-order valence-corrected chi connectivity index (χ0v) is 13.3. The lowest BCUT2D eigenvalue weighted by molar-refractivity contribution is 0.219. The lowest BCUT2D eigenvalue weighted by atomic mass is 9.90. The Bertz CT molecular complexity index is 621. The lowest BCUT2D eigenvalue weighted by Crippen LogP contribution is -2.38. The van der Waals surface area contributed by atoms with Gasteiger partial charge >= 0.3 is 0 Å². The van der Waals surface area contributed by atoms with E-state index in [4.69, 9.17) is 0 Å². The molecule has 0 amide bonds. The van der Waals surface area contributed by atoms with Crippen molar-refractivity contribution in [2.24, 2.45) is 0 Å². The van der Waals surface area contributed by atoms with Gasteiger partial charge in [0.2, 0.25) is 0 Å². The standard InChI is InChI=1S/C18H25N3/c1-13-6-4-9-16-17(10-11-19-18(13)16)20-14-7-5-8-15(12-14)21(2)3/h4,6,9-11,14-15H,5,7-8,12H2,1-3H3,(H,19,20). The van der Waals surface area contributed by atoms with Crippen LogP contribution >= 0.6 is 0 Å². The maximum atomic E-state index is 4.53. The molecule has 21 heavy (non-hydrogen) atoms. The van der Waals surface area contributed by atoms with Gasteiger partial charge in [0.05, 0.1) is 5.52 Å². The normalized spacial score (nSPS) is 22.7. The summed E-state index contributed by atoms with van der Waals surface area (Å²) in [6.45, 7) is 2.13. The van der Waals surface area contributed by atoms with Gasteiger partial charge in [0.1, 0.15) is 0 Å². The molecule has 2 atom stereocenters. The number of para-hydroxylation sites is 1. The van der Waals surface area contributed by atoms with Crippen molar-refractivity contribution in [3.8, 4) is 0 Å². The molecule has 3 heteroatoms. The largest absolute Gasteiger partial charge is 0.382 e. The van der Waals surface area contributed by atoms with Crippen LogP contribution in [0.5, 0.6) is 0 Å². The third kappa shape index (κ3) is 3.03. The van der Waals surface area contributed by atoms with Gasteiger partial charge < -0.3 is 10.2 Å². The van der Waals surface area contributed by atoms with Crippen molar-refractivity contribution < 1.29 is 0 Å². The number of aryl methyl sites for hydroxylation is 1. The second-order valence-electron chi connectivity index (χ2n) is 6.45. The van der Waals surface area contributed by atoms with Crippen molar-refractivity contribution in [1.29, 1.82) is 0 Å². The number of hydrogen-bond acceptors (Lipinski definition) is 3. The number of nitrogens with one attached hydrogen (secondary N) is 1. The average Bonchev–Trinajstić information content (AvgIpc) is 2.49. The van der Waals surface area contributed by atoms with Crippen LogP contribution in [0.2, 0.25) is 0 Å². The van der Waals surface area contributed by atoms with Crippen LogP contribution in [-0.2, 0) is 0 Å². The van der Waals surface area contributed by atoms with Gasteiger partial charge in [-0.1, -0.05) is 18.2 Å². The Balaban J connectivity index is 1.83. The van der Waals surface area contributed by atoms with E-state index in [2.05, 4.69) is 60.5 Å². The summed E-state index contributed by atoms with van der Waals surface area (Å²) in [5, 5.41) is 5.01. The van der Waals surface area contributed by atoms with E-state index in [0.29, 0.717) is 12.1 Å². The molecular weight excluding hydrogens is 258 g/mol. The lowest BCUT2D eigenvalue weighted by Gasteiger charge is -2.34. The zero-order chi connectivity index (χ0) is 14.8. The maximum absolute atomic E-state index is 4.53. The van der Waals surface area contributed by atoms with Gasteiger partial charge in [-0.2, -0.15) is 0 Å². The van der Waals surface area contributed by atoms with Crippen molar-refractivity contribution in [3.05, 3.63) is 36.0 Å². The Morgan fingerprint density at radius 1 is 1.19 bits per heavy atom. The molecule has 1 aromatic carbocycles. The number of nitrogens with zero attached hydrogens (tertiary/aromatic N) is 2. The molecule has 0 aliphatic heterocycles. The van der Waals surface area contributed by atoms with Gasteiger partial charge in [-0.3, -0.25) is 4.98 Å². The van der Waals surface area contributed by atoms with E-state index < -0.39 is 0 Å². The Labute approximate surface area is 127 Å². The number of rotatable bonds is 3. The number of fused-ring (bicyclic) bond motifs is 1. The first-order valence-corrected chi connectivity index (χ1v) is 7.92. The van der Waals surface area contributed by atoms with Crippen LogP contribution in [0.4, 0.5) is 5.69 Å². The Morgan fingerprint density at radius 3 is 2.86 bits per heavy atom. The molecule has 2 aromatic rings. The highest BCUT2D eigenvalue weighted by Gasteiger charge is 2.23. The van der Waals surface area contributed by atoms with Crippen LogP contribution in [0.1, 0.15) is 31.2 Å². The van der Waals surface area contributed by atoms with Crippen molar-refractivity contribution >= 4 is 16.6 Å². The van der Waals surface area contributed by atoms with Crippen LogP contribution in [0.3, 0.4) is 0 Å². The summed E-state index contributed by atoms with van der Waals surface area (Å²) in [4.78, 5) is 6.89. The predicted octanol–water partition coefficient (Wildman–Crippen LogP) is 3.83. The summed E-state index contributed by atoms with van der Waals surface area (Å²) in [7, 11) is 4.39. The number of anilines is 1. The van der Waals surface area contributed by atoms with Crippen LogP contribution in [0.25, 0.3) is 10.9 Å². The topological polar surface area (TPSA) is 28.2 Å². The summed E-state index contributed by atoms with van der Waals surface area (Å²) in [6, 6.07) is 9.80. The van der Waals surface area contributed by atoms with Gasteiger partial charge in [0.25, 0.3) is 0 Å². The fourth-order valence-electron chi connectivity index (χ4n) is 3.43. The molecule has 1 fully saturated rings. The molecule has 1 saturated carbocycles. The van der Waals surface area contributed by atoms with E-state index in [1.165, 1.54) is 42.3 Å². The highest BCUT2D eigenvalue weighted by atomic mass is 15.1. The zero-order valence-electron chi connectivity index (χ0n) is 13.3. The molecule has 0 saturated heterocycles. The molecule has 1 aliphatic carbocycles. The van der Waals surface area contributed by atoms with Gasteiger partial charge in [0, 0.05) is 29.4 Å². The molecule has 1 aromatic heterocycles. The highest BCUT2D eigenvalue weighted by molar-refractivity contribution is 5.92. The molecule has 1 heterocycles. The molecule has 3 rings (SSSR count). The van der Waals surface area contributed by atoms with E-state index in [0.717, 1.165) is 5.52 Å². The van der Waals surface area contributed by atoms with E-state index >= 15 is 0 Å². The van der Waals surface area contributed by atoms with Crippen molar-refractivity contribution in [2.75, 3.05) is 19.4 Å². The van der Waals surface area contributed by atoms with Crippen molar-refractivity contribution in [2.45, 2.75) is 44.7 Å². The summed E-state index contributed by atoms with van der Waals surface area (Å²) >= 11 is 0. The van der Waals surface area contributed by atoms with Crippen LogP contribution in [0, 0.1) is 6.92 Å². The monoisotopic (exact) mass is 283 g/mol. The molecule has 1 aliphatic rings. The molecule has 1 N–H and O–H groups in total. The Kier molecular flexibility index (Phi) is 4.11. The smallest absolute Gasteiger partial charge is 0.0751 e. The van der Waals surface area contributed by atoms with Crippen LogP contribution < -0.4 is 5.32 Å². The summed E-state index contributed by atoms with van der Waals surface area (Å²) in [6.07, 6.45) is 7.04. The van der Waals surface area contributed by atoms with E-state index in [1.54, 1.807) is 0 Å². The first-order valence-electron chi connectivity index (χ1n) is 7.92. The van der Waals surface area contributed by atoms with E-state index in [9.17, 15) is 0 Å². The minimum Gasteiger partial charge on any atom is -0.382 e. The molecule has 0 spiro atoms. The molecule has 3 nitrogen and oxygen atoms in total. The summed E-state index contributed by atoms with van der Waals surface area (Å²) < 4.78 is 0. The maximum Gasteiger partial charge on any atom is 0.0751 e. The SMILES string of the molecule is Cc1cccc2c(NC3CCCC(N(C)C)C3)ccnc12. The van der Waals surface area contributed by atoms with E-state index in [-0.39, 0.29) is 0 Å². The third-order valence-electron chi connectivity index (χ3n) is 4.71. The van der Waals surface area contributed by atoms with Crippen LogP contribution in [-0.4, -0.2) is 36.1 Å². The number of hydrogen-bond donors (Lipinski definition) is 1. The number of pyridine rings is 1. The van der Waals surface area contributed by atoms with Gasteiger partial charge in [-0.15, -0.1) is 0 Å². The first kappa shape index (κ1) is 14.3.